The lowest BCUT2D eigenvalue weighted by Crippen LogP contribution is -2.12. The van der Waals surface area contributed by atoms with Crippen molar-refractivity contribution < 1.29 is 13.6 Å². The van der Waals surface area contributed by atoms with Crippen molar-refractivity contribution in [2.75, 3.05) is 5.32 Å². The number of carbonyl (C=O) groups excluding carboxylic acids is 1. The second-order valence-corrected chi connectivity index (χ2v) is 5.62. The number of halogens is 2. The third-order valence-electron chi connectivity index (χ3n) is 3.36. The number of rotatable bonds is 5. The van der Waals surface area contributed by atoms with E-state index in [1.165, 1.54) is 18.2 Å². The van der Waals surface area contributed by atoms with Crippen LogP contribution in [0.25, 0.3) is 11.3 Å². The van der Waals surface area contributed by atoms with Crippen LogP contribution in [-0.2, 0) is 11.2 Å². The Morgan fingerprint density at radius 2 is 2.00 bits per heavy atom. The molecular formula is C18H14ClFN2O2. The van der Waals surface area contributed by atoms with Gasteiger partial charge >= 0.3 is 0 Å². The number of hydrogen-bond donors (Lipinski definition) is 1. The number of benzene rings is 2. The van der Waals surface area contributed by atoms with Crippen molar-refractivity contribution in [3.8, 4) is 11.3 Å². The molecule has 1 amide bonds. The van der Waals surface area contributed by atoms with Crippen molar-refractivity contribution in [3.05, 3.63) is 71.5 Å². The molecule has 0 aliphatic rings. The van der Waals surface area contributed by atoms with Gasteiger partial charge in [-0.05, 0) is 42.5 Å². The maximum Gasteiger partial charge on any atom is 0.224 e. The zero-order valence-corrected chi connectivity index (χ0v) is 13.4. The lowest BCUT2D eigenvalue weighted by molar-refractivity contribution is -0.116. The van der Waals surface area contributed by atoms with E-state index in [1.807, 2.05) is 12.1 Å². The number of hydrogen-bond acceptors (Lipinski definition) is 3. The lowest BCUT2D eigenvalue weighted by Gasteiger charge is -2.04. The average Bonchev–Trinajstić information content (AvgIpc) is 3.03. The van der Waals surface area contributed by atoms with E-state index in [4.69, 9.17) is 16.0 Å². The molecule has 3 aromatic rings. The van der Waals surface area contributed by atoms with Crippen LogP contribution >= 0.6 is 11.6 Å². The molecule has 0 spiro atoms. The highest BCUT2D eigenvalue weighted by Gasteiger charge is 2.09. The summed E-state index contributed by atoms with van der Waals surface area (Å²) in [4.78, 5) is 16.1. The molecule has 3 rings (SSSR count). The minimum absolute atomic E-state index is 0.192. The second-order valence-electron chi connectivity index (χ2n) is 5.18. The van der Waals surface area contributed by atoms with Crippen molar-refractivity contribution in [1.82, 2.24) is 4.98 Å². The largest absolute Gasteiger partial charge is 0.441 e. The van der Waals surface area contributed by atoms with Gasteiger partial charge < -0.3 is 9.73 Å². The van der Waals surface area contributed by atoms with Crippen molar-refractivity contribution in [3.63, 3.8) is 0 Å². The quantitative estimate of drug-likeness (QED) is 0.729. The molecule has 2 aromatic carbocycles. The summed E-state index contributed by atoms with van der Waals surface area (Å²) < 4.78 is 18.7. The fourth-order valence-electron chi connectivity index (χ4n) is 2.18. The first-order valence-electron chi connectivity index (χ1n) is 7.36. The van der Waals surface area contributed by atoms with Crippen LogP contribution in [0.4, 0.5) is 10.1 Å². The minimum atomic E-state index is -0.395. The van der Waals surface area contributed by atoms with Crippen molar-refractivity contribution in [2.24, 2.45) is 0 Å². The molecule has 0 saturated heterocycles. The van der Waals surface area contributed by atoms with Crippen LogP contribution in [0.15, 0.2) is 59.1 Å². The molecule has 0 atom stereocenters. The Morgan fingerprint density at radius 1 is 1.21 bits per heavy atom. The van der Waals surface area contributed by atoms with Gasteiger partial charge in [-0.2, -0.15) is 0 Å². The molecule has 1 N–H and O–H groups in total. The van der Waals surface area contributed by atoms with Gasteiger partial charge in [0.1, 0.15) is 5.82 Å². The number of nitrogens with zero attached hydrogens (tertiary/aromatic N) is 1. The standard InChI is InChI=1S/C18H14ClFN2O2/c19-13-6-4-12(5-7-13)16-11-21-18(24-16)9-8-17(23)22-15-3-1-2-14(20)10-15/h1-7,10-11H,8-9H2,(H,22,23). The Hall–Kier alpha value is -2.66. The predicted molar refractivity (Wildman–Crippen MR) is 90.3 cm³/mol. The van der Waals surface area contributed by atoms with Crippen LogP contribution in [0, 0.1) is 5.82 Å². The molecule has 4 nitrogen and oxygen atoms in total. The second kappa shape index (κ2) is 7.27. The number of nitrogens with one attached hydrogen (secondary N) is 1. The fourth-order valence-corrected chi connectivity index (χ4v) is 2.31. The molecule has 0 fully saturated rings. The van der Waals surface area contributed by atoms with Crippen LogP contribution in [0.5, 0.6) is 0 Å². The zero-order chi connectivity index (χ0) is 16.9. The molecule has 1 heterocycles. The smallest absolute Gasteiger partial charge is 0.224 e. The van der Waals surface area contributed by atoms with E-state index in [1.54, 1.807) is 24.4 Å². The van der Waals surface area contributed by atoms with Crippen LogP contribution in [0.2, 0.25) is 5.02 Å². The number of oxazole rings is 1. The molecule has 0 radical (unpaired) electrons. The normalized spacial score (nSPS) is 10.6. The first kappa shape index (κ1) is 16.2. The van der Waals surface area contributed by atoms with Gasteiger partial charge in [-0.25, -0.2) is 9.37 Å². The SMILES string of the molecule is O=C(CCc1ncc(-c2ccc(Cl)cc2)o1)Nc1cccc(F)c1. The number of anilines is 1. The van der Waals surface area contributed by atoms with Gasteiger partial charge in [-0.3, -0.25) is 4.79 Å². The number of amides is 1. The molecule has 24 heavy (non-hydrogen) atoms. The predicted octanol–water partition coefficient (Wildman–Crippen LogP) is 4.71. The van der Waals surface area contributed by atoms with Crippen LogP contribution in [0.3, 0.4) is 0 Å². The van der Waals surface area contributed by atoms with Gasteiger partial charge in [0, 0.05) is 29.1 Å². The monoisotopic (exact) mass is 344 g/mol. The highest BCUT2D eigenvalue weighted by Crippen LogP contribution is 2.22. The summed E-state index contributed by atoms with van der Waals surface area (Å²) in [7, 11) is 0. The van der Waals surface area contributed by atoms with Crippen molar-refractivity contribution in [1.29, 1.82) is 0 Å². The molecule has 6 heteroatoms. The molecule has 0 saturated carbocycles. The van der Waals surface area contributed by atoms with E-state index in [2.05, 4.69) is 10.3 Å². The molecule has 1 aromatic heterocycles. The maximum absolute atomic E-state index is 13.1. The highest BCUT2D eigenvalue weighted by molar-refractivity contribution is 6.30. The van der Waals surface area contributed by atoms with Gasteiger partial charge in [-0.1, -0.05) is 17.7 Å². The summed E-state index contributed by atoms with van der Waals surface area (Å²) in [5.41, 5.74) is 1.29. The number of aryl methyl sites for hydroxylation is 1. The molecule has 0 bridgehead atoms. The van der Waals surface area contributed by atoms with Crippen molar-refractivity contribution >= 4 is 23.2 Å². The molecule has 0 aliphatic carbocycles. The van der Waals surface area contributed by atoms with Crippen LogP contribution in [0.1, 0.15) is 12.3 Å². The van der Waals surface area contributed by atoms with Gasteiger partial charge in [0.2, 0.25) is 5.91 Å². The first-order chi connectivity index (χ1) is 11.6. The number of carbonyl (C=O) groups is 1. The third-order valence-corrected chi connectivity index (χ3v) is 3.61. The summed E-state index contributed by atoms with van der Waals surface area (Å²) >= 11 is 5.85. The molecule has 0 aliphatic heterocycles. The Bertz CT molecular complexity index is 846. The Morgan fingerprint density at radius 3 is 2.75 bits per heavy atom. The fraction of sp³-hybridized carbons (Fsp3) is 0.111. The summed E-state index contributed by atoms with van der Waals surface area (Å²) in [5.74, 6) is 0.460. The van der Waals surface area contributed by atoms with E-state index in [-0.39, 0.29) is 12.3 Å². The molecule has 122 valence electrons. The Balaban J connectivity index is 1.57. The Labute approximate surface area is 143 Å². The summed E-state index contributed by atoms with van der Waals surface area (Å²) in [6.07, 6.45) is 2.16. The summed E-state index contributed by atoms with van der Waals surface area (Å²) in [6, 6.07) is 13.0. The van der Waals surface area contributed by atoms with E-state index >= 15 is 0 Å². The Kier molecular flexibility index (Phi) is 4.91. The summed E-state index contributed by atoms with van der Waals surface area (Å²) in [5, 5.41) is 3.28. The van der Waals surface area contributed by atoms with Gasteiger partial charge in [0.05, 0.1) is 6.20 Å². The average molecular weight is 345 g/mol. The van der Waals surface area contributed by atoms with E-state index < -0.39 is 5.82 Å². The van der Waals surface area contributed by atoms with Crippen LogP contribution < -0.4 is 5.32 Å². The van der Waals surface area contributed by atoms with E-state index in [0.717, 1.165) is 5.56 Å². The van der Waals surface area contributed by atoms with E-state index in [0.29, 0.717) is 28.8 Å². The van der Waals surface area contributed by atoms with Crippen molar-refractivity contribution in [2.45, 2.75) is 12.8 Å². The lowest BCUT2D eigenvalue weighted by atomic mass is 10.2. The zero-order valence-electron chi connectivity index (χ0n) is 12.6. The van der Waals surface area contributed by atoms with Crippen LogP contribution in [-0.4, -0.2) is 10.9 Å². The van der Waals surface area contributed by atoms with Gasteiger partial charge in [0.15, 0.2) is 11.7 Å². The minimum Gasteiger partial charge on any atom is -0.441 e. The topological polar surface area (TPSA) is 55.1 Å². The third kappa shape index (κ3) is 4.20. The maximum atomic E-state index is 13.1. The number of aromatic nitrogens is 1. The highest BCUT2D eigenvalue weighted by atomic mass is 35.5. The summed E-state index contributed by atoms with van der Waals surface area (Å²) in [6.45, 7) is 0. The molecular weight excluding hydrogens is 331 g/mol. The van der Waals surface area contributed by atoms with Gasteiger partial charge in [0.25, 0.3) is 0 Å². The first-order valence-corrected chi connectivity index (χ1v) is 7.74. The molecule has 0 unspecified atom stereocenters. The van der Waals surface area contributed by atoms with E-state index in [9.17, 15) is 9.18 Å². The van der Waals surface area contributed by atoms with Gasteiger partial charge in [-0.15, -0.1) is 0 Å².